The fourth-order valence-corrected chi connectivity index (χ4v) is 8.97. The van der Waals surface area contributed by atoms with Crippen molar-refractivity contribution in [2.45, 2.75) is 77.4 Å². The van der Waals surface area contributed by atoms with Gasteiger partial charge in [0, 0.05) is 0 Å². The van der Waals surface area contributed by atoms with E-state index in [0.29, 0.717) is 0 Å². The van der Waals surface area contributed by atoms with Gasteiger partial charge in [-0.3, -0.25) is 0 Å². The molecule has 1 saturated heterocycles. The second kappa shape index (κ2) is 9.76. The summed E-state index contributed by atoms with van der Waals surface area (Å²) in [4.78, 5) is 2.83. The highest BCUT2D eigenvalue weighted by Crippen LogP contribution is 2.27. The second-order valence-corrected chi connectivity index (χ2v) is 11.2. The summed E-state index contributed by atoms with van der Waals surface area (Å²) in [5, 5.41) is 0. The van der Waals surface area contributed by atoms with Gasteiger partial charge < -0.3 is 4.90 Å². The van der Waals surface area contributed by atoms with Gasteiger partial charge in [0.1, 0.15) is 0 Å². The molecule has 112 valence electrons. The van der Waals surface area contributed by atoms with Gasteiger partial charge in [0.15, 0.2) is 0 Å². The van der Waals surface area contributed by atoms with Crippen LogP contribution >= 0.6 is 0 Å². The van der Waals surface area contributed by atoms with Crippen molar-refractivity contribution >= 4 is 8.07 Å². The fourth-order valence-electron chi connectivity index (χ4n) is 3.75. The fraction of sp³-hybridized carbons (Fsp3) is 0.882. The summed E-state index contributed by atoms with van der Waals surface area (Å²) in [5.74, 6) is 0. The third kappa shape index (κ3) is 6.27. The quantitative estimate of drug-likeness (QED) is 0.434. The summed E-state index contributed by atoms with van der Waals surface area (Å²) in [6, 6.07) is 4.48. The van der Waals surface area contributed by atoms with E-state index in [1.807, 2.05) is 0 Å². The number of likely N-dealkylation sites (tertiary alicyclic amines) is 1. The average molecular weight is 282 g/mol. The molecule has 0 aromatic carbocycles. The van der Waals surface area contributed by atoms with Crippen LogP contribution < -0.4 is 0 Å². The van der Waals surface area contributed by atoms with Gasteiger partial charge in [-0.2, -0.15) is 0 Å². The van der Waals surface area contributed by atoms with Crippen LogP contribution in [-0.2, 0) is 0 Å². The van der Waals surface area contributed by atoms with Crippen LogP contribution in [0.1, 0.15) is 59.3 Å². The molecule has 1 rings (SSSR count). The predicted octanol–water partition coefficient (Wildman–Crippen LogP) is 5.25. The molecule has 0 spiro atoms. The van der Waals surface area contributed by atoms with Crippen molar-refractivity contribution in [1.29, 1.82) is 0 Å². The smallest absolute Gasteiger partial charge is 0.0727 e. The normalized spacial score (nSPS) is 18.9. The van der Waals surface area contributed by atoms with Crippen molar-refractivity contribution in [1.82, 2.24) is 4.90 Å². The van der Waals surface area contributed by atoms with Crippen LogP contribution in [-0.4, -0.2) is 32.2 Å². The minimum atomic E-state index is -1.09. The Morgan fingerprint density at radius 1 is 0.947 bits per heavy atom. The number of hydrogen-bond donors (Lipinski definition) is 0. The lowest BCUT2D eigenvalue weighted by Gasteiger charge is -2.36. The summed E-state index contributed by atoms with van der Waals surface area (Å²) in [7, 11) is -1.09. The van der Waals surface area contributed by atoms with E-state index in [-0.39, 0.29) is 0 Å². The third-order valence-corrected chi connectivity index (χ3v) is 9.95. The van der Waals surface area contributed by atoms with Gasteiger partial charge in [-0.05, 0) is 45.1 Å². The van der Waals surface area contributed by atoms with E-state index < -0.39 is 8.07 Å². The first kappa shape index (κ1) is 17.0. The van der Waals surface area contributed by atoms with Crippen molar-refractivity contribution in [3.05, 3.63) is 12.2 Å². The number of nitrogens with zero attached hydrogens (tertiary/aromatic N) is 1. The first-order valence-corrected chi connectivity index (χ1v) is 11.4. The molecule has 1 aliphatic rings. The molecule has 0 aromatic heterocycles. The van der Waals surface area contributed by atoms with Gasteiger partial charge in [-0.15, -0.1) is 0 Å². The SMILES string of the molecule is C/C=C/C[Si](CCC)(CCC)CN1CCCCCC1. The second-order valence-electron chi connectivity index (χ2n) is 6.46. The lowest BCUT2D eigenvalue weighted by molar-refractivity contribution is 0.323. The Balaban J connectivity index is 2.67. The summed E-state index contributed by atoms with van der Waals surface area (Å²) in [6.45, 7) is 9.70. The summed E-state index contributed by atoms with van der Waals surface area (Å²) in [5.41, 5.74) is 0. The Labute approximate surface area is 122 Å². The van der Waals surface area contributed by atoms with E-state index >= 15 is 0 Å². The highest BCUT2D eigenvalue weighted by molar-refractivity contribution is 6.80. The van der Waals surface area contributed by atoms with E-state index in [1.165, 1.54) is 75.9 Å². The van der Waals surface area contributed by atoms with Gasteiger partial charge in [0.2, 0.25) is 0 Å². The monoisotopic (exact) mass is 281 g/mol. The highest BCUT2D eigenvalue weighted by atomic mass is 28.3. The van der Waals surface area contributed by atoms with Gasteiger partial charge in [-0.25, -0.2) is 0 Å². The van der Waals surface area contributed by atoms with Crippen molar-refractivity contribution in [3.63, 3.8) is 0 Å². The third-order valence-electron chi connectivity index (χ3n) is 4.60. The van der Waals surface area contributed by atoms with E-state index in [4.69, 9.17) is 0 Å². The molecule has 0 saturated carbocycles. The molecule has 0 unspecified atom stereocenters. The van der Waals surface area contributed by atoms with Gasteiger partial charge in [0.25, 0.3) is 0 Å². The Kier molecular flexibility index (Phi) is 8.72. The molecule has 0 aliphatic carbocycles. The molecule has 0 amide bonds. The number of hydrogen-bond acceptors (Lipinski definition) is 1. The van der Waals surface area contributed by atoms with Gasteiger partial charge >= 0.3 is 0 Å². The van der Waals surface area contributed by atoms with Crippen molar-refractivity contribution in [2.24, 2.45) is 0 Å². The van der Waals surface area contributed by atoms with Crippen LogP contribution in [0, 0.1) is 0 Å². The molecule has 2 heteroatoms. The van der Waals surface area contributed by atoms with E-state index in [0.717, 1.165) is 0 Å². The highest BCUT2D eigenvalue weighted by Gasteiger charge is 2.32. The Hall–Kier alpha value is -0.0831. The Bertz CT molecular complexity index is 236. The zero-order chi connectivity index (χ0) is 14.0. The van der Waals surface area contributed by atoms with Crippen molar-refractivity contribution < 1.29 is 0 Å². The summed E-state index contributed by atoms with van der Waals surface area (Å²) < 4.78 is 0. The minimum Gasteiger partial charge on any atom is -0.306 e. The molecule has 1 aliphatic heterocycles. The molecular weight excluding hydrogens is 246 g/mol. The molecule has 0 aromatic rings. The van der Waals surface area contributed by atoms with Crippen molar-refractivity contribution in [2.75, 3.05) is 19.3 Å². The Morgan fingerprint density at radius 3 is 2.00 bits per heavy atom. The largest absolute Gasteiger partial charge is 0.306 e. The average Bonchev–Trinajstić information content (AvgIpc) is 2.65. The molecule has 19 heavy (non-hydrogen) atoms. The van der Waals surface area contributed by atoms with E-state index in [1.54, 1.807) is 0 Å². The van der Waals surface area contributed by atoms with Crippen LogP contribution in [0.5, 0.6) is 0 Å². The molecule has 0 atom stereocenters. The first-order chi connectivity index (χ1) is 9.26. The summed E-state index contributed by atoms with van der Waals surface area (Å²) >= 11 is 0. The predicted molar refractivity (Wildman–Crippen MR) is 90.5 cm³/mol. The van der Waals surface area contributed by atoms with Gasteiger partial charge in [-0.1, -0.05) is 63.8 Å². The lowest BCUT2D eigenvalue weighted by Crippen LogP contribution is -2.47. The standard InChI is InChI=1S/C17H35NSi/c1-4-7-16-19(14-5-2,15-6-3)17-18-12-10-8-9-11-13-18/h4,7H,5-6,8-17H2,1-3H3/b7-4+. The minimum absolute atomic E-state index is 1.09. The summed E-state index contributed by atoms with van der Waals surface area (Å²) in [6.07, 6.45) is 14.8. The number of rotatable bonds is 8. The molecule has 0 N–H and O–H groups in total. The maximum absolute atomic E-state index is 2.83. The zero-order valence-electron chi connectivity index (χ0n) is 13.6. The van der Waals surface area contributed by atoms with Crippen LogP contribution in [0.2, 0.25) is 18.1 Å². The van der Waals surface area contributed by atoms with E-state index in [2.05, 4.69) is 37.8 Å². The van der Waals surface area contributed by atoms with Crippen LogP contribution in [0.25, 0.3) is 0 Å². The zero-order valence-corrected chi connectivity index (χ0v) is 14.6. The molecule has 1 heterocycles. The first-order valence-electron chi connectivity index (χ1n) is 8.60. The molecule has 0 radical (unpaired) electrons. The molecule has 0 bridgehead atoms. The lowest BCUT2D eigenvalue weighted by atomic mass is 10.2. The maximum atomic E-state index is 2.83. The Morgan fingerprint density at radius 2 is 1.53 bits per heavy atom. The topological polar surface area (TPSA) is 3.24 Å². The molecule has 1 nitrogen and oxygen atoms in total. The van der Waals surface area contributed by atoms with Gasteiger partial charge in [0.05, 0.1) is 8.07 Å². The molecule has 1 fully saturated rings. The van der Waals surface area contributed by atoms with E-state index in [9.17, 15) is 0 Å². The maximum Gasteiger partial charge on any atom is 0.0727 e. The van der Waals surface area contributed by atoms with Crippen LogP contribution in [0.4, 0.5) is 0 Å². The molecular formula is C17H35NSi. The van der Waals surface area contributed by atoms with Crippen LogP contribution in [0.3, 0.4) is 0 Å². The van der Waals surface area contributed by atoms with Crippen molar-refractivity contribution in [3.8, 4) is 0 Å². The number of allylic oxidation sites excluding steroid dienone is 2. The van der Waals surface area contributed by atoms with Crippen LogP contribution in [0.15, 0.2) is 12.2 Å².